The molecule has 2 aliphatic heterocycles. The summed E-state index contributed by atoms with van der Waals surface area (Å²) < 4.78 is 59.2. The molecule has 0 aromatic heterocycles. The van der Waals surface area contributed by atoms with Crippen molar-refractivity contribution in [1.82, 2.24) is 8.61 Å². The first kappa shape index (κ1) is 34.4. The summed E-state index contributed by atoms with van der Waals surface area (Å²) in [5.74, 6) is 0.956. The highest BCUT2D eigenvalue weighted by Gasteiger charge is 2.39. The van der Waals surface area contributed by atoms with Crippen LogP contribution >= 0.6 is 0 Å². The summed E-state index contributed by atoms with van der Waals surface area (Å²) in [5, 5.41) is 3.52. The van der Waals surface area contributed by atoms with E-state index >= 15 is 0 Å². The molecule has 2 atom stereocenters. The maximum Gasteiger partial charge on any atom is 0.265 e. The molecule has 0 amide bonds. The highest BCUT2D eigenvalue weighted by atomic mass is 32.2. The zero-order valence-corrected chi connectivity index (χ0v) is 30.3. The average Bonchev–Trinajstić information content (AvgIpc) is 3.73. The van der Waals surface area contributed by atoms with Gasteiger partial charge in [0.05, 0.1) is 35.0 Å². The fourth-order valence-electron chi connectivity index (χ4n) is 5.98. The molecule has 0 fully saturated rings. The van der Waals surface area contributed by atoms with Gasteiger partial charge in [-0.1, -0.05) is 87.4 Å². The lowest BCUT2D eigenvalue weighted by Gasteiger charge is -2.25. The summed E-state index contributed by atoms with van der Waals surface area (Å²) in [4.78, 5) is 10.4. The Morgan fingerprint density at radius 2 is 0.918 bits per heavy atom. The van der Waals surface area contributed by atoms with E-state index in [4.69, 9.17) is 9.98 Å². The Balaban J connectivity index is 1.41. The van der Waals surface area contributed by atoms with Gasteiger partial charge in [0.2, 0.25) is 0 Å². The van der Waals surface area contributed by atoms with Crippen LogP contribution in [-0.4, -0.2) is 62.3 Å². The molecule has 0 bridgehead atoms. The lowest BCUT2D eigenvalue weighted by molar-refractivity contribution is 0.455. The van der Waals surface area contributed by atoms with E-state index < -0.39 is 20.0 Å². The number of rotatable bonds is 10. The monoisotopic (exact) mass is 697 g/mol. The Morgan fingerprint density at radius 3 is 1.27 bits per heavy atom. The molecule has 4 aromatic rings. The van der Waals surface area contributed by atoms with Crippen LogP contribution in [0.15, 0.2) is 117 Å². The molecular weight excluding hydrogens is 655 g/mol. The molecule has 0 radical (unpaired) electrons. The fourth-order valence-corrected chi connectivity index (χ4v) is 8.90. The van der Waals surface area contributed by atoms with Crippen molar-refractivity contribution < 1.29 is 16.8 Å². The van der Waals surface area contributed by atoms with Gasteiger partial charge < -0.3 is 5.32 Å². The van der Waals surface area contributed by atoms with Crippen LogP contribution in [0.4, 0.5) is 11.4 Å². The van der Waals surface area contributed by atoms with Crippen LogP contribution in [0.2, 0.25) is 0 Å². The Morgan fingerprint density at radius 1 is 0.571 bits per heavy atom. The molecule has 0 saturated carbocycles. The molecule has 2 aliphatic rings. The normalized spacial score (nSPS) is 18.3. The third-order valence-electron chi connectivity index (χ3n) is 9.12. The number of hydrogen-bond acceptors (Lipinski definition) is 7. The van der Waals surface area contributed by atoms with Crippen LogP contribution in [0.3, 0.4) is 0 Å². The molecule has 9 nitrogen and oxygen atoms in total. The minimum Gasteiger partial charge on any atom is -0.354 e. The second kappa shape index (κ2) is 13.4. The van der Waals surface area contributed by atoms with Gasteiger partial charge in [0.15, 0.2) is 0 Å². The quantitative estimate of drug-likeness (QED) is 0.192. The third-order valence-corrected chi connectivity index (χ3v) is 12.7. The fraction of sp³-hybridized carbons (Fsp3) is 0.316. The molecule has 2 heterocycles. The lowest BCUT2D eigenvalue weighted by Crippen LogP contribution is -2.37. The minimum atomic E-state index is -3.91. The highest BCUT2D eigenvalue weighted by molar-refractivity contribution is 7.90. The van der Waals surface area contributed by atoms with Gasteiger partial charge in [-0.2, -0.15) is 0 Å². The molecule has 256 valence electrons. The number of benzene rings is 4. The number of sulfonamides is 2. The number of amidine groups is 2. The van der Waals surface area contributed by atoms with Crippen LogP contribution in [0, 0.1) is 25.7 Å². The van der Waals surface area contributed by atoms with Gasteiger partial charge in [-0.3, -0.25) is 9.98 Å². The maximum atomic E-state index is 14.1. The molecule has 1 N–H and O–H groups in total. The molecule has 11 heteroatoms. The van der Waals surface area contributed by atoms with E-state index in [9.17, 15) is 16.8 Å². The summed E-state index contributed by atoms with van der Waals surface area (Å²) in [6.07, 6.45) is 0. The van der Waals surface area contributed by atoms with E-state index in [1.54, 1.807) is 48.5 Å². The first-order valence-electron chi connectivity index (χ1n) is 16.6. The van der Waals surface area contributed by atoms with Crippen molar-refractivity contribution in [3.8, 4) is 0 Å². The van der Waals surface area contributed by atoms with Crippen LogP contribution in [0.1, 0.15) is 49.9 Å². The number of nitrogens with one attached hydrogen (secondary N) is 1. The second-order valence-electron chi connectivity index (χ2n) is 13.4. The Bertz CT molecular complexity index is 1970. The largest absolute Gasteiger partial charge is 0.354 e. The number of anilines is 2. The Kier molecular flexibility index (Phi) is 9.43. The third kappa shape index (κ3) is 6.74. The Labute approximate surface area is 290 Å². The Hall–Kier alpha value is -4.48. The first-order valence-corrected chi connectivity index (χ1v) is 19.5. The summed E-state index contributed by atoms with van der Waals surface area (Å²) in [5.41, 5.74) is 4.45. The van der Waals surface area contributed by atoms with Crippen LogP contribution in [-0.2, 0) is 20.0 Å². The van der Waals surface area contributed by atoms with Crippen LogP contribution in [0.5, 0.6) is 0 Å². The summed E-state index contributed by atoms with van der Waals surface area (Å²) in [6.45, 7) is 12.5. The van der Waals surface area contributed by atoms with Crippen molar-refractivity contribution in [2.45, 2.75) is 63.4 Å². The standard InChI is InChI=1S/C38H43N5O4S2/c1-25(2)35-23-42(48(44,45)29-19-15-27(5)16-20-29)37(40-35)31-11-7-9-13-33(31)39-34-14-10-8-12-32(34)38-41-36(26(3)4)24-43(38)49(46,47)30-21-17-28(6)18-22-30/h7-22,25-26,35-36,39H,23-24H2,1-6H3/t35-,36-/m1/s1. The minimum absolute atomic E-state index is 0.116. The van der Waals surface area contributed by atoms with E-state index in [1.807, 2.05) is 90.1 Å². The van der Waals surface area contributed by atoms with Crippen molar-refractivity contribution in [2.75, 3.05) is 18.4 Å². The lowest BCUT2D eigenvalue weighted by atomic mass is 10.1. The van der Waals surface area contributed by atoms with Gasteiger partial charge in [-0.05, 0) is 74.2 Å². The smallest absolute Gasteiger partial charge is 0.265 e. The number of nitrogens with zero attached hydrogens (tertiary/aromatic N) is 4. The van der Waals surface area contributed by atoms with Gasteiger partial charge in [-0.25, -0.2) is 25.4 Å². The number of para-hydroxylation sites is 2. The van der Waals surface area contributed by atoms with Gasteiger partial charge in [0, 0.05) is 22.5 Å². The van der Waals surface area contributed by atoms with Crippen LogP contribution in [0.25, 0.3) is 0 Å². The zero-order chi connectivity index (χ0) is 35.1. The van der Waals surface area contributed by atoms with E-state index in [1.165, 1.54) is 8.61 Å². The summed E-state index contributed by atoms with van der Waals surface area (Å²) in [7, 11) is -7.83. The SMILES string of the molecule is Cc1ccc(S(=O)(=O)N2C[C@H](C(C)C)N=C2c2ccccc2Nc2ccccc2C2=N[C@@H](C(C)C)CN2S(=O)(=O)c2ccc(C)cc2)cc1. The maximum absolute atomic E-state index is 14.1. The molecule has 0 saturated heterocycles. The van der Waals surface area contributed by atoms with Gasteiger partial charge in [-0.15, -0.1) is 0 Å². The first-order chi connectivity index (χ1) is 23.3. The van der Waals surface area contributed by atoms with Crippen molar-refractivity contribution in [3.63, 3.8) is 0 Å². The predicted octanol–water partition coefficient (Wildman–Crippen LogP) is 7.00. The molecule has 6 rings (SSSR count). The van der Waals surface area contributed by atoms with E-state index in [0.29, 0.717) is 34.2 Å². The molecule has 4 aromatic carbocycles. The average molecular weight is 698 g/mol. The predicted molar refractivity (Wildman–Crippen MR) is 197 cm³/mol. The van der Waals surface area contributed by atoms with Crippen molar-refractivity contribution in [1.29, 1.82) is 0 Å². The molecule has 0 unspecified atom stereocenters. The van der Waals surface area contributed by atoms with Gasteiger partial charge in [0.1, 0.15) is 11.7 Å². The van der Waals surface area contributed by atoms with E-state index in [-0.39, 0.29) is 46.8 Å². The topological polar surface area (TPSA) is 112 Å². The van der Waals surface area contributed by atoms with E-state index in [0.717, 1.165) is 11.1 Å². The molecule has 0 spiro atoms. The number of aliphatic imine (C=N–C) groups is 2. The molecule has 49 heavy (non-hydrogen) atoms. The molecule has 0 aliphatic carbocycles. The number of hydrogen-bond donors (Lipinski definition) is 1. The van der Waals surface area contributed by atoms with Crippen LogP contribution < -0.4 is 5.32 Å². The second-order valence-corrected chi connectivity index (χ2v) is 17.2. The van der Waals surface area contributed by atoms with E-state index in [2.05, 4.69) is 5.32 Å². The zero-order valence-electron chi connectivity index (χ0n) is 28.7. The number of aryl methyl sites for hydroxylation is 2. The summed E-state index contributed by atoms with van der Waals surface area (Å²) in [6, 6.07) is 28.2. The van der Waals surface area contributed by atoms with Crippen molar-refractivity contribution in [2.24, 2.45) is 21.8 Å². The van der Waals surface area contributed by atoms with Gasteiger partial charge >= 0.3 is 0 Å². The summed E-state index contributed by atoms with van der Waals surface area (Å²) >= 11 is 0. The molecular formula is C38H43N5O4S2. The van der Waals surface area contributed by atoms with Crippen molar-refractivity contribution in [3.05, 3.63) is 119 Å². The van der Waals surface area contributed by atoms with Crippen molar-refractivity contribution >= 4 is 43.1 Å². The van der Waals surface area contributed by atoms with Gasteiger partial charge in [0.25, 0.3) is 20.0 Å². The highest BCUT2D eigenvalue weighted by Crippen LogP contribution is 2.34.